The van der Waals surface area contributed by atoms with Crippen molar-refractivity contribution in [1.29, 1.82) is 0 Å². The fraction of sp³-hybridized carbons (Fsp3) is 0.373. The number of carbonyl (C=O) groups excluding carboxylic acids is 6. The maximum absolute atomic E-state index is 13.4. The summed E-state index contributed by atoms with van der Waals surface area (Å²) in [5.74, 6) is 5.78. The minimum atomic E-state index is -0.874. The molecular formula is C67H78N10O11. The summed E-state index contributed by atoms with van der Waals surface area (Å²) in [5, 5.41) is 14.7. The van der Waals surface area contributed by atoms with E-state index in [-0.39, 0.29) is 82.4 Å². The van der Waals surface area contributed by atoms with Crippen molar-refractivity contribution >= 4 is 74.8 Å². The Morgan fingerprint density at radius 2 is 1.30 bits per heavy atom. The summed E-state index contributed by atoms with van der Waals surface area (Å²) in [7, 11) is 0. The second kappa shape index (κ2) is 33.6. The number of pyridine rings is 1. The van der Waals surface area contributed by atoms with Gasteiger partial charge in [0.1, 0.15) is 24.0 Å². The van der Waals surface area contributed by atoms with Gasteiger partial charge in [-0.1, -0.05) is 124 Å². The Morgan fingerprint density at radius 3 is 2.03 bits per heavy atom. The molecule has 7 aromatic rings. The number of aromatic nitrogens is 3. The fourth-order valence-corrected chi connectivity index (χ4v) is 9.71. The van der Waals surface area contributed by atoms with Crippen LogP contribution >= 0.6 is 0 Å². The van der Waals surface area contributed by atoms with Crippen molar-refractivity contribution in [3.63, 3.8) is 0 Å². The van der Waals surface area contributed by atoms with Crippen molar-refractivity contribution in [2.75, 3.05) is 81.9 Å². The number of nitrogens with two attached hydrogens (primary N) is 1. The number of anilines is 3. The van der Waals surface area contributed by atoms with Gasteiger partial charge in [-0.25, -0.2) is 14.8 Å². The second-order valence-electron chi connectivity index (χ2n) is 21.4. The molecule has 21 heteroatoms. The number of nitrogens with one attached hydrogen (secondary N) is 5. The molecule has 0 saturated carbocycles. The lowest BCUT2D eigenvalue weighted by Crippen LogP contribution is -2.51. The number of hydrogen-bond acceptors (Lipinski definition) is 14. The first kappa shape index (κ1) is 64.8. The Morgan fingerprint density at radius 1 is 0.648 bits per heavy atom. The van der Waals surface area contributed by atoms with E-state index in [0.717, 1.165) is 75.0 Å². The lowest BCUT2D eigenvalue weighted by Gasteiger charge is -2.26. The quantitative estimate of drug-likeness (QED) is 0.0172. The SMILES string of the molecule is CCCCc1nc2c(N)nc3ccccc3c2n1Cc1ccc(CNC(=O)OCc2ccc(NC(=O)CNC(=O)C(NC(=O)CCOCCOCCOCCOCCNC(=O)CCC(=O)N3Cc4ccccc4C#Cc4ccccc43)C(C)C)cc2)cc1. The number of unbranched alkanes of at least 4 members (excludes halogenated alkanes) is 1. The van der Waals surface area contributed by atoms with Crippen molar-refractivity contribution in [3.8, 4) is 11.8 Å². The van der Waals surface area contributed by atoms with Gasteiger partial charge in [0.05, 0.1) is 82.7 Å². The van der Waals surface area contributed by atoms with Crippen molar-refractivity contribution in [2.24, 2.45) is 5.92 Å². The zero-order valence-electron chi connectivity index (χ0n) is 50.2. The molecule has 0 aliphatic carbocycles. The average Bonchev–Trinajstić information content (AvgIpc) is 1.93. The van der Waals surface area contributed by atoms with E-state index in [1.165, 1.54) is 0 Å². The fourth-order valence-electron chi connectivity index (χ4n) is 9.71. The number of carbonyl (C=O) groups is 6. The Bertz CT molecular complexity index is 3560. The van der Waals surface area contributed by atoms with Crippen molar-refractivity contribution < 1.29 is 52.5 Å². The lowest BCUT2D eigenvalue weighted by molar-refractivity contribution is -0.131. The number of aryl methyl sites for hydroxylation is 1. The first-order chi connectivity index (χ1) is 42.8. The van der Waals surface area contributed by atoms with Crippen molar-refractivity contribution in [3.05, 3.63) is 161 Å². The first-order valence-corrected chi connectivity index (χ1v) is 29.9. The zero-order chi connectivity index (χ0) is 62.0. The smallest absolute Gasteiger partial charge is 0.407 e. The van der Waals surface area contributed by atoms with E-state index in [1.54, 1.807) is 43.0 Å². The van der Waals surface area contributed by atoms with Crippen LogP contribution in [0.2, 0.25) is 0 Å². The number of nitrogen functional groups attached to an aromatic ring is 1. The Balaban J connectivity index is 0.618. The number of benzene rings is 5. The molecule has 0 radical (unpaired) electrons. The van der Waals surface area contributed by atoms with Crippen molar-refractivity contribution in [2.45, 2.75) is 91.6 Å². The van der Waals surface area contributed by atoms with Crippen LogP contribution in [0.3, 0.4) is 0 Å². The van der Waals surface area contributed by atoms with E-state index in [2.05, 4.69) is 61.0 Å². The second-order valence-corrected chi connectivity index (χ2v) is 21.4. The minimum Gasteiger partial charge on any atom is -0.445 e. The van der Waals surface area contributed by atoms with Gasteiger partial charge < -0.3 is 65.5 Å². The summed E-state index contributed by atoms with van der Waals surface area (Å²) < 4.78 is 29.9. The summed E-state index contributed by atoms with van der Waals surface area (Å²) in [6.07, 6.45) is 2.40. The maximum atomic E-state index is 13.4. The highest BCUT2D eigenvalue weighted by Gasteiger charge is 2.26. The molecule has 0 fully saturated rings. The molecule has 8 rings (SSSR count). The van der Waals surface area contributed by atoms with Crippen LogP contribution in [0.25, 0.3) is 21.9 Å². The molecule has 3 heterocycles. The van der Waals surface area contributed by atoms with Gasteiger partial charge in [0, 0.05) is 67.5 Å². The molecule has 2 aromatic heterocycles. The maximum Gasteiger partial charge on any atom is 0.407 e. The Labute approximate surface area is 512 Å². The van der Waals surface area contributed by atoms with Crippen LogP contribution in [-0.2, 0) is 80.3 Å². The molecule has 7 N–H and O–H groups in total. The number of rotatable bonds is 33. The highest BCUT2D eigenvalue weighted by Crippen LogP contribution is 2.31. The number of ether oxygens (including phenoxy) is 5. The molecule has 5 aromatic carbocycles. The van der Waals surface area contributed by atoms with Crippen LogP contribution in [-0.4, -0.2) is 122 Å². The topological polar surface area (TPSA) is 269 Å². The largest absolute Gasteiger partial charge is 0.445 e. The van der Waals surface area contributed by atoms with Gasteiger partial charge in [0.25, 0.3) is 0 Å². The summed E-state index contributed by atoms with van der Waals surface area (Å²) in [6.45, 7) is 9.25. The highest BCUT2D eigenvalue weighted by molar-refractivity contribution is 6.06. The van der Waals surface area contributed by atoms with Crippen LogP contribution in [0.4, 0.5) is 22.0 Å². The summed E-state index contributed by atoms with van der Waals surface area (Å²) >= 11 is 0. The van der Waals surface area contributed by atoms with Gasteiger partial charge in [-0.2, -0.15) is 0 Å². The van der Waals surface area contributed by atoms with Crippen molar-refractivity contribution in [1.82, 2.24) is 35.8 Å². The summed E-state index contributed by atoms with van der Waals surface area (Å²) in [5.41, 5.74) is 15.4. The van der Waals surface area contributed by atoms with Crippen LogP contribution in [0.5, 0.6) is 0 Å². The number of alkyl carbamates (subject to hydrolysis) is 1. The molecule has 21 nitrogen and oxygen atoms in total. The number of nitrogens with zero attached hydrogens (tertiary/aromatic N) is 4. The van der Waals surface area contributed by atoms with Crippen LogP contribution < -0.4 is 37.2 Å². The van der Waals surface area contributed by atoms with Gasteiger partial charge in [0.15, 0.2) is 5.82 Å². The zero-order valence-corrected chi connectivity index (χ0v) is 50.2. The number of fused-ring (bicyclic) bond motifs is 5. The minimum absolute atomic E-state index is 0.00794. The molecule has 0 saturated heterocycles. The molecule has 1 aliphatic rings. The van der Waals surface area contributed by atoms with Gasteiger partial charge in [-0.3, -0.25) is 24.0 Å². The summed E-state index contributed by atoms with van der Waals surface area (Å²) in [4.78, 5) is 88.4. The van der Waals surface area contributed by atoms with Crippen LogP contribution in [0.1, 0.15) is 92.1 Å². The molecule has 1 atom stereocenters. The van der Waals surface area contributed by atoms with E-state index < -0.39 is 23.9 Å². The summed E-state index contributed by atoms with van der Waals surface area (Å²) in [6, 6.07) is 37.2. The normalized spacial score (nSPS) is 12.0. The molecule has 6 amide bonds. The lowest BCUT2D eigenvalue weighted by atomic mass is 10.0. The van der Waals surface area contributed by atoms with Crippen LogP contribution in [0, 0.1) is 17.8 Å². The molecule has 88 heavy (non-hydrogen) atoms. The monoisotopic (exact) mass is 1200 g/mol. The van der Waals surface area contributed by atoms with Gasteiger partial charge in [0.2, 0.25) is 29.5 Å². The molecule has 1 aliphatic heterocycles. The third kappa shape index (κ3) is 19.4. The van der Waals surface area contributed by atoms with Gasteiger partial charge >= 0.3 is 6.09 Å². The number of para-hydroxylation sites is 2. The standard InChI is InChI=1S/C67H78N10O11/c1-4-5-18-57-74-63-64(54-15-9-10-16-55(54)73-65(63)68)77(57)43-48-21-19-47(20-22-48)41-71-67(83)88-45-49-23-27-53(28-24-49)72-60(80)42-70-66(82)62(46(2)3)75-59(79)31-33-84-35-37-86-39-40-87-38-36-85-34-32-69-58(78)29-30-61(81)76-44-52-14-7-6-12-50(52)25-26-51-13-8-11-17-56(51)76/h6-17,19-24,27-28,46,62H,4-5,18,29-45H2,1-3H3,(H2,68,73)(H,69,78)(H,70,82)(H,71,83)(H,72,80)(H,75,79). The number of hydrogen-bond donors (Lipinski definition) is 6. The van der Waals surface area contributed by atoms with E-state index in [4.69, 9.17) is 34.4 Å². The predicted octanol–water partition coefficient (Wildman–Crippen LogP) is 7.48. The number of amides is 6. The molecule has 0 spiro atoms. The highest BCUT2D eigenvalue weighted by atomic mass is 16.6. The number of imidazole rings is 1. The van der Waals surface area contributed by atoms with E-state index in [0.29, 0.717) is 75.3 Å². The predicted molar refractivity (Wildman–Crippen MR) is 336 cm³/mol. The van der Waals surface area contributed by atoms with E-state index in [1.807, 2.05) is 91.0 Å². The van der Waals surface area contributed by atoms with Gasteiger partial charge in [-0.05, 0) is 71.0 Å². The van der Waals surface area contributed by atoms with Crippen LogP contribution in [0.15, 0.2) is 121 Å². The Kier molecular flexibility index (Phi) is 24.8. The molecule has 1 unspecified atom stereocenters. The molecule has 462 valence electrons. The first-order valence-electron chi connectivity index (χ1n) is 29.9. The third-order valence-electron chi connectivity index (χ3n) is 14.4. The molecule has 0 bridgehead atoms. The average molecular weight is 1200 g/mol. The molecular weight excluding hydrogens is 1120 g/mol. The van der Waals surface area contributed by atoms with E-state index in [9.17, 15) is 28.8 Å². The Hall–Kier alpha value is -9.20. The van der Waals surface area contributed by atoms with Gasteiger partial charge in [-0.15, -0.1) is 0 Å². The van der Waals surface area contributed by atoms with E-state index >= 15 is 0 Å². The third-order valence-corrected chi connectivity index (χ3v) is 14.4.